The number of hydrogen-bond donors (Lipinski definition) is 2. The van der Waals surface area contributed by atoms with Gasteiger partial charge < -0.3 is 9.84 Å². The lowest BCUT2D eigenvalue weighted by Gasteiger charge is -2.26. The van der Waals surface area contributed by atoms with Crippen LogP contribution >= 0.6 is 0 Å². The highest BCUT2D eigenvalue weighted by molar-refractivity contribution is 7.87. The molecule has 1 aliphatic heterocycles. The van der Waals surface area contributed by atoms with Crippen molar-refractivity contribution in [1.29, 1.82) is 0 Å². The average molecular weight is 315 g/mol. The molecule has 1 aromatic rings. The Hall–Kier alpha value is -1.55. The van der Waals surface area contributed by atoms with Crippen molar-refractivity contribution in [2.75, 3.05) is 32.8 Å². The fourth-order valence-electron chi connectivity index (χ4n) is 1.92. The van der Waals surface area contributed by atoms with E-state index in [1.807, 2.05) is 0 Å². The van der Waals surface area contributed by atoms with Crippen LogP contribution < -0.4 is 4.72 Å². The Morgan fingerprint density at radius 1 is 1.38 bits per heavy atom. The number of morpholine rings is 1. The third kappa shape index (κ3) is 4.46. The summed E-state index contributed by atoms with van der Waals surface area (Å²) in [5.74, 6) is -1.11. The summed E-state index contributed by atoms with van der Waals surface area (Å²) < 4.78 is 32.9. The van der Waals surface area contributed by atoms with E-state index in [4.69, 9.17) is 9.84 Å². The lowest BCUT2D eigenvalue weighted by Crippen LogP contribution is -2.47. The van der Waals surface area contributed by atoms with Gasteiger partial charge in [0.1, 0.15) is 5.69 Å². The van der Waals surface area contributed by atoms with E-state index in [1.54, 1.807) is 12.1 Å². The van der Waals surface area contributed by atoms with Crippen LogP contribution in [0.5, 0.6) is 0 Å². The van der Waals surface area contributed by atoms with Crippen molar-refractivity contribution < 1.29 is 23.1 Å². The molecule has 0 bridgehead atoms. The van der Waals surface area contributed by atoms with Crippen molar-refractivity contribution in [1.82, 2.24) is 14.0 Å². The molecular formula is C12H17N3O5S. The number of ether oxygens (including phenoxy) is 1. The van der Waals surface area contributed by atoms with Crippen LogP contribution in [0.2, 0.25) is 0 Å². The maximum Gasteiger partial charge on any atom is 0.354 e. The quantitative estimate of drug-likeness (QED) is 0.732. The molecule has 8 nitrogen and oxygen atoms in total. The molecule has 0 unspecified atom stereocenters. The van der Waals surface area contributed by atoms with Crippen molar-refractivity contribution in [3.05, 3.63) is 29.6 Å². The van der Waals surface area contributed by atoms with E-state index in [0.29, 0.717) is 38.4 Å². The molecule has 2 rings (SSSR count). The second kappa shape index (κ2) is 6.94. The number of nitrogens with one attached hydrogen (secondary N) is 1. The van der Waals surface area contributed by atoms with Crippen molar-refractivity contribution >= 4 is 16.2 Å². The van der Waals surface area contributed by atoms with Crippen molar-refractivity contribution in [2.24, 2.45) is 0 Å². The molecule has 2 N–H and O–H groups in total. The minimum atomic E-state index is -3.52. The second-order valence-corrected chi connectivity index (χ2v) is 6.24. The largest absolute Gasteiger partial charge is 0.477 e. The lowest BCUT2D eigenvalue weighted by molar-refractivity contribution is 0.0690. The van der Waals surface area contributed by atoms with Crippen LogP contribution in [0, 0.1) is 0 Å². The summed E-state index contributed by atoms with van der Waals surface area (Å²) in [5, 5.41) is 8.84. The Morgan fingerprint density at radius 3 is 2.76 bits per heavy atom. The highest BCUT2D eigenvalue weighted by atomic mass is 32.2. The van der Waals surface area contributed by atoms with Gasteiger partial charge in [-0.3, -0.25) is 0 Å². The van der Waals surface area contributed by atoms with Gasteiger partial charge >= 0.3 is 5.97 Å². The summed E-state index contributed by atoms with van der Waals surface area (Å²) in [6.45, 7) is 1.62. The SMILES string of the molecule is O=C(O)c1cccc(CCNS(=O)(=O)N2CCOCC2)n1. The number of carboxylic acids is 1. The number of carbonyl (C=O) groups is 1. The molecule has 9 heteroatoms. The molecule has 0 aromatic carbocycles. The molecule has 21 heavy (non-hydrogen) atoms. The monoisotopic (exact) mass is 315 g/mol. The molecule has 116 valence electrons. The molecule has 1 aliphatic rings. The van der Waals surface area contributed by atoms with Crippen molar-refractivity contribution in [2.45, 2.75) is 6.42 Å². The maximum atomic E-state index is 12.0. The molecule has 0 atom stereocenters. The molecule has 1 aromatic heterocycles. The Labute approximate surface area is 122 Å². The van der Waals surface area contributed by atoms with Gasteiger partial charge in [0.15, 0.2) is 0 Å². The maximum absolute atomic E-state index is 12.0. The molecular weight excluding hydrogens is 298 g/mol. The lowest BCUT2D eigenvalue weighted by atomic mass is 10.2. The van der Waals surface area contributed by atoms with Gasteiger partial charge in [-0.05, 0) is 12.1 Å². The highest BCUT2D eigenvalue weighted by Crippen LogP contribution is 2.04. The van der Waals surface area contributed by atoms with Crippen LogP contribution in [0.1, 0.15) is 16.2 Å². The fourth-order valence-corrected chi connectivity index (χ4v) is 3.10. The minimum absolute atomic E-state index is 0.0523. The van der Waals surface area contributed by atoms with Gasteiger partial charge in [0, 0.05) is 31.7 Å². The highest BCUT2D eigenvalue weighted by Gasteiger charge is 2.23. The minimum Gasteiger partial charge on any atom is -0.477 e. The van der Waals surface area contributed by atoms with E-state index < -0.39 is 16.2 Å². The first-order chi connectivity index (χ1) is 9.99. The molecule has 0 saturated carbocycles. The molecule has 0 aliphatic carbocycles. The van der Waals surface area contributed by atoms with Crippen LogP contribution in [0.25, 0.3) is 0 Å². The Bertz CT molecular complexity index is 599. The van der Waals surface area contributed by atoms with E-state index >= 15 is 0 Å². The number of rotatable bonds is 6. The summed E-state index contributed by atoms with van der Waals surface area (Å²) in [4.78, 5) is 14.7. The van der Waals surface area contributed by atoms with E-state index in [9.17, 15) is 13.2 Å². The molecule has 0 spiro atoms. The summed E-state index contributed by atoms with van der Waals surface area (Å²) in [7, 11) is -3.52. The summed E-state index contributed by atoms with van der Waals surface area (Å²) in [6, 6.07) is 4.64. The molecule has 0 radical (unpaired) electrons. The van der Waals surface area contributed by atoms with Crippen LogP contribution in [-0.4, -0.2) is 61.6 Å². The summed E-state index contributed by atoms with van der Waals surface area (Å²) in [5.41, 5.74) is 0.475. The number of aromatic nitrogens is 1. The van der Waals surface area contributed by atoms with Crippen molar-refractivity contribution in [3.63, 3.8) is 0 Å². The van der Waals surface area contributed by atoms with Gasteiger partial charge in [0.2, 0.25) is 0 Å². The standard InChI is InChI=1S/C12H17N3O5S/c16-12(17)11-3-1-2-10(14-11)4-5-13-21(18,19)15-6-8-20-9-7-15/h1-3,13H,4-9H2,(H,16,17). The van der Waals surface area contributed by atoms with Crippen LogP contribution in [-0.2, 0) is 21.4 Å². The predicted octanol–water partition coefficient (Wildman–Crippen LogP) is -0.511. The topological polar surface area (TPSA) is 109 Å². The third-order valence-corrected chi connectivity index (χ3v) is 4.62. The van der Waals surface area contributed by atoms with Gasteiger partial charge in [0.25, 0.3) is 10.2 Å². The molecule has 1 fully saturated rings. The predicted molar refractivity (Wildman–Crippen MR) is 74.2 cm³/mol. The first kappa shape index (κ1) is 15.8. The molecule has 1 saturated heterocycles. The van der Waals surface area contributed by atoms with Gasteiger partial charge in [0.05, 0.1) is 13.2 Å². The molecule has 2 heterocycles. The van der Waals surface area contributed by atoms with E-state index in [-0.39, 0.29) is 12.2 Å². The molecule has 0 amide bonds. The Kier molecular flexibility index (Phi) is 5.23. The Balaban J connectivity index is 1.88. The first-order valence-corrected chi connectivity index (χ1v) is 7.95. The van der Waals surface area contributed by atoms with Crippen LogP contribution in [0.15, 0.2) is 18.2 Å². The third-order valence-electron chi connectivity index (χ3n) is 3.00. The fraction of sp³-hybridized carbons (Fsp3) is 0.500. The zero-order valence-electron chi connectivity index (χ0n) is 11.4. The van der Waals surface area contributed by atoms with Gasteiger partial charge in [-0.2, -0.15) is 12.7 Å². The summed E-state index contributed by atoms with van der Waals surface area (Å²) >= 11 is 0. The first-order valence-electron chi connectivity index (χ1n) is 6.51. The Morgan fingerprint density at radius 2 is 2.10 bits per heavy atom. The number of nitrogens with zero attached hydrogens (tertiary/aromatic N) is 2. The van der Waals surface area contributed by atoms with Crippen LogP contribution in [0.3, 0.4) is 0 Å². The smallest absolute Gasteiger partial charge is 0.354 e. The van der Waals surface area contributed by atoms with Gasteiger partial charge in [-0.15, -0.1) is 0 Å². The number of pyridine rings is 1. The van der Waals surface area contributed by atoms with Gasteiger partial charge in [-0.1, -0.05) is 6.07 Å². The van der Waals surface area contributed by atoms with E-state index in [2.05, 4.69) is 9.71 Å². The number of aromatic carboxylic acids is 1. The van der Waals surface area contributed by atoms with Crippen LogP contribution in [0.4, 0.5) is 0 Å². The zero-order valence-corrected chi connectivity index (χ0v) is 12.2. The normalized spacial score (nSPS) is 16.8. The zero-order chi connectivity index (χ0) is 15.3. The van der Waals surface area contributed by atoms with Gasteiger partial charge in [-0.25, -0.2) is 14.5 Å². The second-order valence-electron chi connectivity index (χ2n) is 4.48. The van der Waals surface area contributed by atoms with E-state index in [0.717, 1.165) is 0 Å². The van der Waals surface area contributed by atoms with E-state index in [1.165, 1.54) is 10.4 Å². The average Bonchev–Trinajstić information content (AvgIpc) is 2.48. The number of hydrogen-bond acceptors (Lipinski definition) is 5. The van der Waals surface area contributed by atoms with Crippen molar-refractivity contribution in [3.8, 4) is 0 Å². The number of carboxylic acid groups (broad SMARTS) is 1. The summed E-state index contributed by atoms with van der Waals surface area (Å²) in [6.07, 6.45) is 0.324.